The van der Waals surface area contributed by atoms with Crippen molar-refractivity contribution in [1.29, 1.82) is 5.26 Å². The van der Waals surface area contributed by atoms with Gasteiger partial charge in [0.15, 0.2) is 0 Å². The summed E-state index contributed by atoms with van der Waals surface area (Å²) in [5.41, 5.74) is 1.11. The minimum Gasteiger partial charge on any atom is -0.381 e. The summed E-state index contributed by atoms with van der Waals surface area (Å²) in [6.07, 6.45) is 4.88. The van der Waals surface area contributed by atoms with E-state index in [4.69, 9.17) is 4.74 Å². The van der Waals surface area contributed by atoms with Gasteiger partial charge in [-0.15, -0.1) is 0 Å². The molecule has 1 fully saturated rings. The monoisotopic (exact) mass is 393 g/mol. The Hall–Kier alpha value is -2.62. The Morgan fingerprint density at radius 1 is 1.14 bits per heavy atom. The van der Waals surface area contributed by atoms with Crippen LogP contribution in [0.5, 0.6) is 0 Å². The minimum atomic E-state index is -0.668. The van der Waals surface area contributed by atoms with E-state index < -0.39 is 5.41 Å². The van der Waals surface area contributed by atoms with Crippen LogP contribution in [0.4, 0.5) is 4.39 Å². The largest absolute Gasteiger partial charge is 0.381 e. The predicted molar refractivity (Wildman–Crippen MR) is 106 cm³/mol. The van der Waals surface area contributed by atoms with E-state index in [2.05, 4.69) is 11.1 Å². The van der Waals surface area contributed by atoms with E-state index in [0.717, 1.165) is 26.9 Å². The molecule has 1 aromatic heterocycles. The van der Waals surface area contributed by atoms with E-state index in [1.165, 1.54) is 23.9 Å². The number of nitrogens with zero attached hydrogens (tertiary/aromatic N) is 3. The molecule has 3 aromatic rings. The molecule has 0 amide bonds. The summed E-state index contributed by atoms with van der Waals surface area (Å²) in [6.45, 7) is 3.02. The van der Waals surface area contributed by atoms with Gasteiger partial charge in [0, 0.05) is 41.1 Å². The molecule has 0 bridgehead atoms. The topological polar surface area (TPSA) is 50.8 Å². The fourth-order valence-electron chi connectivity index (χ4n) is 3.54. The molecule has 0 saturated carbocycles. The molecule has 1 saturated heterocycles. The third kappa shape index (κ3) is 3.68. The summed E-state index contributed by atoms with van der Waals surface area (Å²) in [4.78, 5) is 6.05. The highest BCUT2D eigenvalue weighted by atomic mass is 32.2. The number of aromatic nitrogens is 2. The minimum absolute atomic E-state index is 0.313. The SMILES string of the molecule is Cc1nccn1-c1ccc(Sc2cc(F)cc(C3(C#N)CCOCC3)c2)cc1. The Morgan fingerprint density at radius 3 is 2.54 bits per heavy atom. The number of halogens is 1. The van der Waals surface area contributed by atoms with Crippen molar-refractivity contribution in [2.75, 3.05) is 13.2 Å². The summed E-state index contributed by atoms with van der Waals surface area (Å²) in [7, 11) is 0. The first kappa shape index (κ1) is 18.7. The van der Waals surface area contributed by atoms with Gasteiger partial charge in [-0.05, 0) is 67.8 Å². The van der Waals surface area contributed by atoms with Crippen LogP contribution in [0.3, 0.4) is 0 Å². The summed E-state index contributed by atoms with van der Waals surface area (Å²) in [6, 6.07) is 15.4. The molecule has 1 aliphatic heterocycles. The molecule has 0 radical (unpaired) electrons. The van der Waals surface area contributed by atoms with Gasteiger partial charge < -0.3 is 9.30 Å². The number of hydrogen-bond acceptors (Lipinski definition) is 4. The number of imidazole rings is 1. The van der Waals surface area contributed by atoms with Gasteiger partial charge in [0.1, 0.15) is 11.6 Å². The maximum absolute atomic E-state index is 14.3. The molecule has 0 atom stereocenters. The molecule has 1 aliphatic rings. The molecule has 0 aliphatic carbocycles. The zero-order valence-electron chi connectivity index (χ0n) is 15.6. The lowest BCUT2D eigenvalue weighted by Gasteiger charge is -2.31. The average Bonchev–Trinajstić information content (AvgIpc) is 3.14. The summed E-state index contributed by atoms with van der Waals surface area (Å²) in [5.74, 6) is 0.611. The van der Waals surface area contributed by atoms with Crippen molar-refractivity contribution in [2.45, 2.75) is 35.0 Å². The van der Waals surface area contributed by atoms with Crippen LogP contribution >= 0.6 is 11.8 Å². The molecular formula is C22H20FN3OS. The van der Waals surface area contributed by atoms with Crippen LogP contribution in [0.15, 0.2) is 64.6 Å². The molecule has 6 heteroatoms. The van der Waals surface area contributed by atoms with Crippen molar-refractivity contribution < 1.29 is 9.13 Å². The van der Waals surface area contributed by atoms with Crippen LogP contribution < -0.4 is 0 Å². The lowest BCUT2D eigenvalue weighted by atomic mass is 9.75. The van der Waals surface area contributed by atoms with Gasteiger partial charge in [-0.3, -0.25) is 0 Å². The predicted octanol–water partition coefficient (Wildman–Crippen LogP) is 5.04. The van der Waals surface area contributed by atoms with Gasteiger partial charge in [-0.2, -0.15) is 5.26 Å². The first-order valence-corrected chi connectivity index (χ1v) is 10.00. The standard InChI is InChI=1S/C22H20FN3OS/c1-16-25-8-9-26(16)19-2-4-20(5-3-19)28-21-13-17(12-18(23)14-21)22(15-24)6-10-27-11-7-22/h2-5,8-9,12-14H,6-7,10-11H2,1H3. The van der Waals surface area contributed by atoms with Crippen LogP contribution in [-0.4, -0.2) is 22.8 Å². The summed E-state index contributed by atoms with van der Waals surface area (Å²) in [5, 5.41) is 9.77. The Kier molecular flexibility index (Phi) is 5.21. The lowest BCUT2D eigenvalue weighted by molar-refractivity contribution is 0.0674. The van der Waals surface area contributed by atoms with Crippen molar-refractivity contribution in [3.05, 3.63) is 72.1 Å². The van der Waals surface area contributed by atoms with E-state index in [1.807, 2.05) is 48.0 Å². The van der Waals surface area contributed by atoms with Crippen LogP contribution in [0.1, 0.15) is 24.2 Å². The molecule has 0 unspecified atom stereocenters. The molecule has 2 aromatic carbocycles. The smallest absolute Gasteiger partial charge is 0.124 e. The van der Waals surface area contributed by atoms with Gasteiger partial charge in [0.05, 0.1) is 11.5 Å². The molecule has 4 rings (SSSR count). The van der Waals surface area contributed by atoms with E-state index in [0.29, 0.717) is 26.1 Å². The molecule has 4 nitrogen and oxygen atoms in total. The number of hydrogen-bond donors (Lipinski definition) is 0. The molecule has 142 valence electrons. The fraction of sp³-hybridized carbons (Fsp3) is 0.273. The number of rotatable bonds is 4. The summed E-state index contributed by atoms with van der Waals surface area (Å²) < 4.78 is 21.7. The number of benzene rings is 2. The average molecular weight is 393 g/mol. The molecule has 0 spiro atoms. The second-order valence-corrected chi connectivity index (χ2v) is 8.07. The van der Waals surface area contributed by atoms with Crippen molar-refractivity contribution in [1.82, 2.24) is 9.55 Å². The maximum atomic E-state index is 14.3. The zero-order valence-corrected chi connectivity index (χ0v) is 16.4. The molecule has 28 heavy (non-hydrogen) atoms. The lowest BCUT2D eigenvalue weighted by Crippen LogP contribution is -2.32. The third-order valence-corrected chi connectivity index (χ3v) is 6.14. The Labute approximate surface area is 168 Å². The van der Waals surface area contributed by atoms with Gasteiger partial charge in [0.25, 0.3) is 0 Å². The number of ether oxygens (including phenoxy) is 1. The van der Waals surface area contributed by atoms with E-state index >= 15 is 0 Å². The highest BCUT2D eigenvalue weighted by molar-refractivity contribution is 7.99. The third-order valence-electron chi connectivity index (χ3n) is 5.16. The van der Waals surface area contributed by atoms with E-state index in [1.54, 1.807) is 6.20 Å². The fourth-order valence-corrected chi connectivity index (χ4v) is 4.45. The maximum Gasteiger partial charge on any atom is 0.124 e. The van der Waals surface area contributed by atoms with Crippen molar-refractivity contribution in [3.8, 4) is 11.8 Å². The van der Waals surface area contributed by atoms with Gasteiger partial charge >= 0.3 is 0 Å². The number of aryl methyl sites for hydroxylation is 1. The zero-order chi connectivity index (χ0) is 19.6. The van der Waals surface area contributed by atoms with E-state index in [9.17, 15) is 9.65 Å². The van der Waals surface area contributed by atoms with Crippen LogP contribution in [-0.2, 0) is 10.2 Å². The molecular weight excluding hydrogens is 373 g/mol. The van der Waals surface area contributed by atoms with Crippen molar-refractivity contribution >= 4 is 11.8 Å². The number of nitriles is 1. The Bertz CT molecular complexity index is 1020. The van der Waals surface area contributed by atoms with E-state index in [-0.39, 0.29) is 5.82 Å². The highest BCUT2D eigenvalue weighted by Crippen LogP contribution is 2.38. The van der Waals surface area contributed by atoms with Gasteiger partial charge in [0.2, 0.25) is 0 Å². The van der Waals surface area contributed by atoms with Crippen molar-refractivity contribution in [3.63, 3.8) is 0 Å². The van der Waals surface area contributed by atoms with Crippen molar-refractivity contribution in [2.24, 2.45) is 0 Å². The van der Waals surface area contributed by atoms with Gasteiger partial charge in [-0.25, -0.2) is 9.37 Å². The molecule has 0 N–H and O–H groups in total. The second kappa shape index (κ2) is 7.78. The normalized spacial score (nSPS) is 15.9. The second-order valence-electron chi connectivity index (χ2n) is 6.92. The molecule has 2 heterocycles. The first-order valence-electron chi connectivity index (χ1n) is 9.18. The quantitative estimate of drug-likeness (QED) is 0.623. The Balaban J connectivity index is 1.59. The van der Waals surface area contributed by atoms with Crippen LogP contribution in [0, 0.1) is 24.1 Å². The van der Waals surface area contributed by atoms with Crippen LogP contribution in [0.2, 0.25) is 0 Å². The van der Waals surface area contributed by atoms with Crippen LogP contribution in [0.25, 0.3) is 5.69 Å². The first-order chi connectivity index (χ1) is 13.6. The van der Waals surface area contributed by atoms with Gasteiger partial charge in [-0.1, -0.05) is 11.8 Å². The summed E-state index contributed by atoms with van der Waals surface area (Å²) >= 11 is 1.49. The highest BCUT2D eigenvalue weighted by Gasteiger charge is 2.35. The Morgan fingerprint density at radius 2 is 1.89 bits per heavy atom.